The van der Waals surface area contributed by atoms with Crippen molar-refractivity contribution in [1.82, 2.24) is 9.97 Å². The minimum atomic E-state index is 0.232. The Morgan fingerprint density at radius 1 is 1.24 bits per heavy atom. The van der Waals surface area contributed by atoms with E-state index in [1.54, 1.807) is 6.20 Å². The summed E-state index contributed by atoms with van der Waals surface area (Å²) >= 11 is 5.82. The van der Waals surface area contributed by atoms with Crippen LogP contribution in [0.15, 0.2) is 36.5 Å². The predicted octanol–water partition coefficient (Wildman–Crippen LogP) is 2.66. The van der Waals surface area contributed by atoms with Crippen LogP contribution in [0.5, 0.6) is 5.75 Å². The summed E-state index contributed by atoms with van der Waals surface area (Å²) in [6.45, 7) is 1.37. The number of ether oxygens (including phenoxy) is 1. The van der Waals surface area contributed by atoms with Crippen molar-refractivity contribution in [3.8, 4) is 5.75 Å². The van der Waals surface area contributed by atoms with Gasteiger partial charge in [0.1, 0.15) is 6.61 Å². The molecular formula is C12H10ClN3O. The van der Waals surface area contributed by atoms with Crippen LogP contribution in [0.3, 0.4) is 0 Å². The van der Waals surface area contributed by atoms with E-state index in [1.807, 2.05) is 30.3 Å². The van der Waals surface area contributed by atoms with Crippen LogP contribution in [0.1, 0.15) is 0 Å². The first-order chi connectivity index (χ1) is 8.34. The van der Waals surface area contributed by atoms with Gasteiger partial charge in [0.05, 0.1) is 12.7 Å². The van der Waals surface area contributed by atoms with Gasteiger partial charge in [0.2, 0.25) is 5.28 Å². The van der Waals surface area contributed by atoms with Crippen molar-refractivity contribution in [2.24, 2.45) is 0 Å². The van der Waals surface area contributed by atoms with Crippen molar-refractivity contribution in [2.75, 3.05) is 18.1 Å². The van der Waals surface area contributed by atoms with Crippen LogP contribution in [-0.2, 0) is 0 Å². The fraction of sp³-hybridized carbons (Fsp3) is 0.167. The second-order valence-electron chi connectivity index (χ2n) is 3.66. The van der Waals surface area contributed by atoms with E-state index in [9.17, 15) is 0 Å². The zero-order valence-corrected chi connectivity index (χ0v) is 9.76. The lowest BCUT2D eigenvalue weighted by molar-refractivity contribution is 0.310. The van der Waals surface area contributed by atoms with Crippen LogP contribution in [0, 0.1) is 0 Å². The number of nitrogens with zero attached hydrogens (tertiary/aromatic N) is 3. The quantitative estimate of drug-likeness (QED) is 0.727. The minimum Gasteiger partial charge on any atom is -0.486 e. The maximum Gasteiger partial charge on any atom is 0.224 e. The zero-order valence-electron chi connectivity index (χ0n) is 9.01. The summed E-state index contributed by atoms with van der Waals surface area (Å²) in [7, 11) is 0. The molecule has 4 nitrogen and oxygen atoms in total. The summed E-state index contributed by atoms with van der Waals surface area (Å²) in [5.74, 6) is 1.40. The Morgan fingerprint density at radius 3 is 2.88 bits per heavy atom. The number of anilines is 2. The number of aromatic nitrogens is 2. The molecule has 0 fully saturated rings. The van der Waals surface area contributed by atoms with Gasteiger partial charge in [0.15, 0.2) is 11.6 Å². The maximum atomic E-state index is 5.82. The van der Waals surface area contributed by atoms with E-state index in [0.717, 1.165) is 18.1 Å². The third kappa shape index (κ3) is 1.91. The van der Waals surface area contributed by atoms with Crippen LogP contribution >= 0.6 is 11.6 Å². The highest BCUT2D eigenvalue weighted by molar-refractivity contribution is 6.28. The Morgan fingerprint density at radius 2 is 2.06 bits per heavy atom. The molecule has 2 aromatic rings. The highest BCUT2D eigenvalue weighted by Gasteiger charge is 2.21. The molecule has 0 spiro atoms. The Kier molecular flexibility index (Phi) is 2.57. The second kappa shape index (κ2) is 4.22. The summed E-state index contributed by atoms with van der Waals surface area (Å²) in [5.41, 5.74) is 1.08. The van der Waals surface area contributed by atoms with Crippen molar-refractivity contribution < 1.29 is 4.74 Å². The highest BCUT2D eigenvalue weighted by atomic mass is 35.5. The van der Waals surface area contributed by atoms with Gasteiger partial charge in [-0.1, -0.05) is 18.2 Å². The lowest BCUT2D eigenvalue weighted by Crippen LogP contribution is -2.29. The van der Waals surface area contributed by atoms with E-state index in [2.05, 4.69) is 14.9 Å². The van der Waals surface area contributed by atoms with Crippen LogP contribution < -0.4 is 9.64 Å². The molecule has 1 aliphatic rings. The number of benzene rings is 1. The molecule has 0 amide bonds. The first kappa shape index (κ1) is 10.4. The highest BCUT2D eigenvalue weighted by Crippen LogP contribution is 2.34. The Labute approximate surface area is 104 Å². The van der Waals surface area contributed by atoms with Crippen molar-refractivity contribution in [1.29, 1.82) is 0 Å². The van der Waals surface area contributed by atoms with Gasteiger partial charge in [0.25, 0.3) is 0 Å². The van der Waals surface area contributed by atoms with Crippen LogP contribution in [0.25, 0.3) is 0 Å². The van der Waals surface area contributed by atoms with Crippen molar-refractivity contribution >= 4 is 23.1 Å². The molecule has 0 atom stereocenters. The minimum absolute atomic E-state index is 0.232. The largest absolute Gasteiger partial charge is 0.486 e. The molecule has 0 N–H and O–H groups in total. The van der Waals surface area contributed by atoms with Gasteiger partial charge in [0, 0.05) is 5.69 Å². The molecule has 0 unspecified atom stereocenters. The molecular weight excluding hydrogens is 238 g/mol. The topological polar surface area (TPSA) is 38.2 Å². The third-order valence-electron chi connectivity index (χ3n) is 2.60. The van der Waals surface area contributed by atoms with Crippen LogP contribution in [-0.4, -0.2) is 23.1 Å². The third-order valence-corrected chi connectivity index (χ3v) is 2.78. The average Bonchev–Trinajstić information content (AvgIpc) is 2.39. The summed E-state index contributed by atoms with van der Waals surface area (Å²) in [5, 5.41) is 0.232. The van der Waals surface area contributed by atoms with Crippen molar-refractivity contribution in [2.45, 2.75) is 0 Å². The lowest BCUT2D eigenvalue weighted by atomic mass is 10.2. The van der Waals surface area contributed by atoms with Gasteiger partial charge in [-0.15, -0.1) is 0 Å². The van der Waals surface area contributed by atoms with E-state index in [1.165, 1.54) is 0 Å². The Balaban J connectivity index is 2.08. The van der Waals surface area contributed by atoms with E-state index >= 15 is 0 Å². The van der Waals surface area contributed by atoms with Crippen molar-refractivity contribution in [3.63, 3.8) is 0 Å². The summed E-state index contributed by atoms with van der Waals surface area (Å²) in [4.78, 5) is 10.2. The first-order valence-electron chi connectivity index (χ1n) is 5.32. The van der Waals surface area contributed by atoms with Gasteiger partial charge < -0.3 is 9.64 Å². The molecule has 0 radical (unpaired) electrons. The van der Waals surface area contributed by atoms with Gasteiger partial charge in [-0.3, -0.25) is 0 Å². The molecule has 17 heavy (non-hydrogen) atoms. The smallest absolute Gasteiger partial charge is 0.224 e. The van der Waals surface area contributed by atoms with Gasteiger partial charge in [-0.2, -0.15) is 4.98 Å². The number of hydrogen-bond acceptors (Lipinski definition) is 4. The fourth-order valence-corrected chi connectivity index (χ4v) is 1.98. The molecule has 0 saturated carbocycles. The first-order valence-corrected chi connectivity index (χ1v) is 5.70. The van der Waals surface area contributed by atoms with Crippen molar-refractivity contribution in [3.05, 3.63) is 41.8 Å². The van der Waals surface area contributed by atoms with Crippen LogP contribution in [0.4, 0.5) is 11.5 Å². The molecule has 86 valence electrons. The fourth-order valence-electron chi connectivity index (χ4n) is 1.85. The standard InChI is InChI=1S/C12H10ClN3O/c13-12-14-8-10-11(15-12)16(6-7-17-10)9-4-2-1-3-5-9/h1-5,8H,6-7H2. The normalized spacial score (nSPS) is 14.1. The molecule has 1 aromatic carbocycles. The molecule has 0 bridgehead atoms. The number of fused-ring (bicyclic) bond motifs is 1. The van der Waals surface area contributed by atoms with Gasteiger partial charge in [-0.25, -0.2) is 4.98 Å². The molecule has 1 aromatic heterocycles. The summed E-state index contributed by atoms with van der Waals surface area (Å²) < 4.78 is 5.50. The molecule has 2 heterocycles. The zero-order chi connectivity index (χ0) is 11.7. The number of para-hydroxylation sites is 1. The molecule has 1 aliphatic heterocycles. The number of halogens is 1. The number of hydrogen-bond donors (Lipinski definition) is 0. The molecule has 0 saturated heterocycles. The van der Waals surface area contributed by atoms with E-state index < -0.39 is 0 Å². The summed E-state index contributed by atoms with van der Waals surface area (Å²) in [6, 6.07) is 10.0. The molecule has 3 rings (SSSR count). The van der Waals surface area contributed by atoms with Gasteiger partial charge >= 0.3 is 0 Å². The molecule has 0 aliphatic carbocycles. The Hall–Kier alpha value is -1.81. The van der Waals surface area contributed by atoms with Crippen LogP contribution in [0.2, 0.25) is 5.28 Å². The monoisotopic (exact) mass is 247 g/mol. The maximum absolute atomic E-state index is 5.82. The number of rotatable bonds is 1. The van der Waals surface area contributed by atoms with E-state index in [4.69, 9.17) is 16.3 Å². The second-order valence-corrected chi connectivity index (χ2v) is 4.00. The van der Waals surface area contributed by atoms with E-state index in [-0.39, 0.29) is 5.28 Å². The van der Waals surface area contributed by atoms with Gasteiger partial charge in [-0.05, 0) is 23.7 Å². The lowest BCUT2D eigenvalue weighted by Gasteiger charge is -2.29. The predicted molar refractivity (Wildman–Crippen MR) is 66.0 cm³/mol. The summed E-state index contributed by atoms with van der Waals surface area (Å²) in [6.07, 6.45) is 1.61. The SMILES string of the molecule is Clc1ncc2c(n1)N(c1ccccc1)CCO2. The Bertz CT molecular complexity index is 533. The average molecular weight is 248 g/mol. The van der Waals surface area contributed by atoms with E-state index in [0.29, 0.717) is 12.4 Å². The molecule has 5 heteroatoms.